The second-order valence-electron chi connectivity index (χ2n) is 4.26. The molecule has 0 aliphatic rings. The Balaban J connectivity index is 1.91. The molecule has 1 unspecified atom stereocenters. The van der Waals surface area contributed by atoms with Crippen molar-refractivity contribution in [1.82, 2.24) is 5.48 Å². The Bertz CT molecular complexity index is 531. The van der Waals surface area contributed by atoms with Gasteiger partial charge in [-0.25, -0.2) is 0 Å². The summed E-state index contributed by atoms with van der Waals surface area (Å²) in [5, 5.41) is 1.11. The Morgan fingerprint density at radius 1 is 1.05 bits per heavy atom. The van der Waals surface area contributed by atoms with Crippen LogP contribution in [0.25, 0.3) is 0 Å². The highest BCUT2D eigenvalue weighted by molar-refractivity contribution is 6.42. The van der Waals surface area contributed by atoms with Gasteiger partial charge in [-0.3, -0.25) is 4.84 Å². The average molecular weight is 296 g/mol. The van der Waals surface area contributed by atoms with Gasteiger partial charge < -0.3 is 0 Å². The lowest BCUT2D eigenvalue weighted by Crippen LogP contribution is -2.19. The van der Waals surface area contributed by atoms with Crippen LogP contribution in [0.2, 0.25) is 10.0 Å². The molecule has 2 nitrogen and oxygen atoms in total. The molecule has 2 rings (SSSR count). The summed E-state index contributed by atoms with van der Waals surface area (Å²) < 4.78 is 0. The van der Waals surface area contributed by atoms with E-state index in [0.717, 1.165) is 11.1 Å². The molecule has 0 bridgehead atoms. The van der Waals surface area contributed by atoms with Gasteiger partial charge in [0.15, 0.2) is 0 Å². The summed E-state index contributed by atoms with van der Waals surface area (Å²) in [6.07, 6.45) is 0. The fraction of sp³-hybridized carbons (Fsp3) is 0.200. The molecule has 0 aliphatic heterocycles. The normalized spacial score (nSPS) is 12.4. The lowest BCUT2D eigenvalue weighted by atomic mass is 10.1. The maximum absolute atomic E-state index is 6.16. The van der Waals surface area contributed by atoms with Crippen LogP contribution in [0, 0.1) is 0 Å². The van der Waals surface area contributed by atoms with Crippen molar-refractivity contribution < 1.29 is 4.84 Å². The van der Waals surface area contributed by atoms with E-state index in [9.17, 15) is 0 Å². The van der Waals surface area contributed by atoms with Crippen LogP contribution in [0.15, 0.2) is 48.5 Å². The van der Waals surface area contributed by atoms with E-state index in [1.165, 1.54) is 0 Å². The van der Waals surface area contributed by atoms with Gasteiger partial charge in [-0.2, -0.15) is 5.48 Å². The zero-order valence-electron chi connectivity index (χ0n) is 10.6. The number of nitrogens with one attached hydrogen (secondary N) is 1. The molecule has 0 spiro atoms. The van der Waals surface area contributed by atoms with Crippen molar-refractivity contribution in [1.29, 1.82) is 0 Å². The smallest absolute Gasteiger partial charge is 0.0933 e. The van der Waals surface area contributed by atoms with E-state index >= 15 is 0 Å². The zero-order chi connectivity index (χ0) is 13.7. The van der Waals surface area contributed by atoms with Crippen molar-refractivity contribution >= 4 is 23.2 Å². The number of rotatable bonds is 5. The lowest BCUT2D eigenvalue weighted by molar-refractivity contribution is 0.00700. The molecule has 2 aromatic rings. The Hall–Kier alpha value is -1.06. The van der Waals surface area contributed by atoms with Gasteiger partial charge in [-0.05, 0) is 24.1 Å². The van der Waals surface area contributed by atoms with Gasteiger partial charge in [0.1, 0.15) is 0 Å². The van der Waals surface area contributed by atoms with Crippen molar-refractivity contribution in [2.24, 2.45) is 0 Å². The highest BCUT2D eigenvalue weighted by Gasteiger charge is 2.11. The summed E-state index contributed by atoms with van der Waals surface area (Å²) in [6.45, 7) is 2.48. The summed E-state index contributed by atoms with van der Waals surface area (Å²) in [7, 11) is 0. The molecule has 0 heterocycles. The summed E-state index contributed by atoms with van der Waals surface area (Å²) >= 11 is 12.1. The van der Waals surface area contributed by atoms with Gasteiger partial charge in [-0.1, -0.05) is 65.7 Å². The molecule has 100 valence electrons. The average Bonchev–Trinajstić information content (AvgIpc) is 2.43. The van der Waals surface area contributed by atoms with Gasteiger partial charge >= 0.3 is 0 Å². The minimum absolute atomic E-state index is 0.0325. The van der Waals surface area contributed by atoms with E-state index < -0.39 is 0 Å². The van der Waals surface area contributed by atoms with E-state index in [-0.39, 0.29) is 6.04 Å². The Kier molecular flexibility index (Phi) is 5.23. The van der Waals surface area contributed by atoms with E-state index in [4.69, 9.17) is 28.0 Å². The number of hydrogen-bond acceptors (Lipinski definition) is 2. The molecule has 0 saturated carbocycles. The van der Waals surface area contributed by atoms with Crippen molar-refractivity contribution in [2.45, 2.75) is 19.6 Å². The largest absolute Gasteiger partial charge is 0.296 e. The fourth-order valence-corrected chi connectivity index (χ4v) is 2.21. The molecule has 0 fully saturated rings. The van der Waals surface area contributed by atoms with E-state index in [1.54, 1.807) is 6.07 Å². The fourth-order valence-electron chi connectivity index (χ4n) is 1.74. The number of benzene rings is 2. The number of hydroxylamine groups is 1. The molecule has 0 amide bonds. The summed E-state index contributed by atoms with van der Waals surface area (Å²) in [4.78, 5) is 5.48. The predicted octanol–water partition coefficient (Wildman–Crippen LogP) is 4.78. The third kappa shape index (κ3) is 3.95. The Labute approximate surface area is 123 Å². The van der Waals surface area contributed by atoms with Gasteiger partial charge in [0.2, 0.25) is 0 Å². The van der Waals surface area contributed by atoms with Crippen LogP contribution in [-0.2, 0) is 11.4 Å². The van der Waals surface area contributed by atoms with Crippen LogP contribution in [0.3, 0.4) is 0 Å². The summed E-state index contributed by atoms with van der Waals surface area (Å²) in [5.74, 6) is 0. The van der Waals surface area contributed by atoms with Crippen LogP contribution in [0.1, 0.15) is 24.1 Å². The molecule has 1 atom stereocenters. The van der Waals surface area contributed by atoms with Gasteiger partial charge in [0.25, 0.3) is 0 Å². The first-order chi connectivity index (χ1) is 9.18. The maximum atomic E-state index is 6.16. The monoisotopic (exact) mass is 295 g/mol. The zero-order valence-corrected chi connectivity index (χ0v) is 12.1. The molecule has 2 aromatic carbocycles. The molecular formula is C15H15Cl2NO. The minimum Gasteiger partial charge on any atom is -0.296 e. The number of hydrogen-bond donors (Lipinski definition) is 1. The minimum atomic E-state index is -0.0325. The molecule has 0 radical (unpaired) electrons. The van der Waals surface area contributed by atoms with Crippen LogP contribution >= 0.6 is 23.2 Å². The van der Waals surface area contributed by atoms with Crippen molar-refractivity contribution in [3.63, 3.8) is 0 Å². The maximum Gasteiger partial charge on any atom is 0.0933 e. The van der Waals surface area contributed by atoms with Crippen LogP contribution in [-0.4, -0.2) is 0 Å². The van der Waals surface area contributed by atoms with Crippen molar-refractivity contribution in [2.75, 3.05) is 0 Å². The first-order valence-electron chi connectivity index (χ1n) is 6.03. The predicted molar refractivity (Wildman–Crippen MR) is 79.2 cm³/mol. The molecule has 1 N–H and O–H groups in total. The van der Waals surface area contributed by atoms with Crippen LogP contribution in [0.4, 0.5) is 0 Å². The third-order valence-electron chi connectivity index (χ3n) is 2.79. The van der Waals surface area contributed by atoms with Gasteiger partial charge in [0, 0.05) is 0 Å². The molecule has 0 aromatic heterocycles. The first-order valence-corrected chi connectivity index (χ1v) is 6.79. The van der Waals surface area contributed by atoms with E-state index in [2.05, 4.69) is 5.48 Å². The molecule has 19 heavy (non-hydrogen) atoms. The van der Waals surface area contributed by atoms with Crippen LogP contribution < -0.4 is 5.48 Å². The van der Waals surface area contributed by atoms with Crippen molar-refractivity contribution in [3.05, 3.63) is 69.7 Å². The topological polar surface area (TPSA) is 21.3 Å². The molecule has 0 aliphatic carbocycles. The standard InChI is InChI=1S/C15H15Cl2NO/c1-11(13-8-5-9-14(16)15(13)17)18-19-10-12-6-3-2-4-7-12/h2-9,11,18H,10H2,1H3. The van der Waals surface area contributed by atoms with Gasteiger partial charge in [0.05, 0.1) is 22.7 Å². The molecule has 0 saturated heterocycles. The third-order valence-corrected chi connectivity index (χ3v) is 3.62. The number of halogens is 2. The highest BCUT2D eigenvalue weighted by atomic mass is 35.5. The summed E-state index contributed by atoms with van der Waals surface area (Å²) in [5.41, 5.74) is 5.00. The van der Waals surface area contributed by atoms with Crippen LogP contribution in [0.5, 0.6) is 0 Å². The van der Waals surface area contributed by atoms with E-state index in [1.807, 2.05) is 49.4 Å². The lowest BCUT2D eigenvalue weighted by Gasteiger charge is -2.16. The molecular weight excluding hydrogens is 281 g/mol. The van der Waals surface area contributed by atoms with Crippen molar-refractivity contribution in [3.8, 4) is 0 Å². The Morgan fingerprint density at radius 2 is 1.79 bits per heavy atom. The van der Waals surface area contributed by atoms with Gasteiger partial charge in [-0.15, -0.1) is 0 Å². The van der Waals surface area contributed by atoms with E-state index in [0.29, 0.717) is 16.7 Å². The SMILES string of the molecule is CC(NOCc1ccccc1)c1cccc(Cl)c1Cl. The first kappa shape index (κ1) is 14.4. The molecule has 4 heteroatoms. The summed E-state index contributed by atoms with van der Waals surface area (Å²) in [6, 6.07) is 15.5. The second-order valence-corrected chi connectivity index (χ2v) is 5.04. The quantitative estimate of drug-likeness (QED) is 0.802. The highest BCUT2D eigenvalue weighted by Crippen LogP contribution is 2.29. The Morgan fingerprint density at radius 3 is 2.53 bits per heavy atom. The second kappa shape index (κ2) is 6.92.